The summed E-state index contributed by atoms with van der Waals surface area (Å²) >= 11 is 0. The van der Waals surface area contributed by atoms with E-state index in [1.165, 1.54) is 25.7 Å². The summed E-state index contributed by atoms with van der Waals surface area (Å²) in [6, 6.07) is 0.558. The van der Waals surface area contributed by atoms with E-state index in [0.717, 1.165) is 12.3 Å². The normalized spacial score (nSPS) is 33.0. The molecule has 55 valence electrons. The first-order valence-electron chi connectivity index (χ1n) is 4.18. The zero-order valence-electron chi connectivity index (χ0n) is 6.16. The van der Waals surface area contributed by atoms with Gasteiger partial charge in [0.15, 0.2) is 0 Å². The molecule has 0 amide bonds. The lowest BCUT2D eigenvalue weighted by Gasteiger charge is -2.13. The van der Waals surface area contributed by atoms with Crippen molar-refractivity contribution in [2.24, 2.45) is 11.0 Å². The van der Waals surface area contributed by atoms with Gasteiger partial charge in [-0.1, -0.05) is 12.8 Å². The fourth-order valence-electron chi connectivity index (χ4n) is 1.96. The lowest BCUT2D eigenvalue weighted by molar-refractivity contribution is 0.386. The second kappa shape index (κ2) is 2.60. The van der Waals surface area contributed by atoms with Gasteiger partial charge in [-0.25, -0.2) is 0 Å². The summed E-state index contributed by atoms with van der Waals surface area (Å²) < 4.78 is 0. The van der Waals surface area contributed by atoms with E-state index < -0.39 is 0 Å². The van der Waals surface area contributed by atoms with E-state index in [9.17, 15) is 0 Å². The first kappa shape index (κ1) is 6.20. The third-order valence-electron chi connectivity index (χ3n) is 2.59. The Kier molecular flexibility index (Phi) is 1.61. The Bertz CT molecular complexity index is 128. The molecule has 1 fully saturated rings. The van der Waals surface area contributed by atoms with Crippen molar-refractivity contribution >= 4 is 6.21 Å². The molecule has 1 heterocycles. The third-order valence-corrected chi connectivity index (χ3v) is 2.59. The molecule has 2 rings (SSSR count). The predicted octanol–water partition coefficient (Wildman–Crippen LogP) is 1.54. The Hall–Kier alpha value is -0.530. The molecule has 1 atom stereocenters. The molecule has 1 radical (unpaired) electrons. The van der Waals surface area contributed by atoms with Gasteiger partial charge >= 0.3 is 0 Å². The number of hydrogen-bond donors (Lipinski definition) is 0. The summed E-state index contributed by atoms with van der Waals surface area (Å²) in [6.07, 6.45) is 8.65. The van der Waals surface area contributed by atoms with Crippen LogP contribution in [-0.2, 0) is 0 Å². The molecular formula is C8H13N2. The summed E-state index contributed by atoms with van der Waals surface area (Å²) in [5.74, 6) is 0.863. The highest BCUT2D eigenvalue weighted by molar-refractivity contribution is 5.59. The van der Waals surface area contributed by atoms with Crippen LogP contribution in [0.1, 0.15) is 32.1 Å². The van der Waals surface area contributed by atoms with Gasteiger partial charge in [0.1, 0.15) is 0 Å². The maximum Gasteiger partial charge on any atom is 0.0790 e. The van der Waals surface area contributed by atoms with Crippen molar-refractivity contribution in [3.05, 3.63) is 0 Å². The van der Waals surface area contributed by atoms with Gasteiger partial charge in [-0.2, -0.15) is 10.5 Å². The molecule has 0 spiro atoms. The molecule has 0 N–H and O–H groups in total. The lowest BCUT2D eigenvalue weighted by atomic mass is 9.97. The Balaban J connectivity index is 1.87. The van der Waals surface area contributed by atoms with Crippen LogP contribution in [0.2, 0.25) is 0 Å². The van der Waals surface area contributed by atoms with Crippen LogP contribution in [0.5, 0.6) is 0 Å². The SMILES string of the molecule is C1=N[N]C(C2CCCC2)C1. The second-order valence-corrected chi connectivity index (χ2v) is 3.26. The van der Waals surface area contributed by atoms with Gasteiger partial charge in [0.2, 0.25) is 0 Å². The van der Waals surface area contributed by atoms with Crippen LogP contribution in [0.15, 0.2) is 5.10 Å². The van der Waals surface area contributed by atoms with E-state index in [1.54, 1.807) is 0 Å². The van der Waals surface area contributed by atoms with Gasteiger partial charge in [0.05, 0.1) is 6.04 Å². The Morgan fingerprint density at radius 2 is 2.00 bits per heavy atom. The predicted molar refractivity (Wildman–Crippen MR) is 41.0 cm³/mol. The zero-order chi connectivity index (χ0) is 6.81. The first-order valence-corrected chi connectivity index (χ1v) is 4.18. The minimum atomic E-state index is 0.558. The standard InChI is InChI=1S/C8H13N2/c1-2-4-7(3-1)8-5-6-9-10-8/h6-8H,1-5H2. The van der Waals surface area contributed by atoms with Crippen LogP contribution in [0.3, 0.4) is 0 Å². The number of hydrogen-bond acceptors (Lipinski definition) is 1. The summed E-state index contributed by atoms with van der Waals surface area (Å²) in [7, 11) is 0. The van der Waals surface area contributed by atoms with Gasteiger partial charge in [-0.05, 0) is 18.8 Å². The summed E-state index contributed by atoms with van der Waals surface area (Å²) in [4.78, 5) is 0. The summed E-state index contributed by atoms with van der Waals surface area (Å²) in [6.45, 7) is 0. The zero-order valence-corrected chi connectivity index (χ0v) is 6.16. The fraction of sp³-hybridized carbons (Fsp3) is 0.875. The van der Waals surface area contributed by atoms with Crippen molar-refractivity contribution in [3.63, 3.8) is 0 Å². The lowest BCUT2D eigenvalue weighted by Crippen LogP contribution is -2.22. The topological polar surface area (TPSA) is 26.5 Å². The van der Waals surface area contributed by atoms with Crippen molar-refractivity contribution in [1.29, 1.82) is 0 Å². The molecule has 0 aromatic heterocycles. The largest absolute Gasteiger partial charge is 0.186 e. The number of nitrogens with zero attached hydrogens (tertiary/aromatic N) is 2. The van der Waals surface area contributed by atoms with E-state index in [0.29, 0.717) is 6.04 Å². The maximum absolute atomic E-state index is 4.19. The minimum absolute atomic E-state index is 0.558. The van der Waals surface area contributed by atoms with E-state index >= 15 is 0 Å². The van der Waals surface area contributed by atoms with Crippen LogP contribution >= 0.6 is 0 Å². The molecule has 2 heteroatoms. The molecule has 1 saturated carbocycles. The first-order chi connectivity index (χ1) is 4.97. The Labute approximate surface area is 61.7 Å². The molecule has 0 aromatic rings. The van der Waals surface area contributed by atoms with Crippen molar-refractivity contribution in [2.75, 3.05) is 0 Å². The van der Waals surface area contributed by atoms with Gasteiger partial charge in [0, 0.05) is 12.6 Å². The van der Waals surface area contributed by atoms with Crippen LogP contribution in [-0.4, -0.2) is 12.3 Å². The number of rotatable bonds is 1. The molecule has 1 aliphatic heterocycles. The van der Waals surface area contributed by atoms with E-state index in [2.05, 4.69) is 10.5 Å². The molecule has 1 unspecified atom stereocenters. The van der Waals surface area contributed by atoms with E-state index in [1.807, 2.05) is 6.21 Å². The molecule has 10 heavy (non-hydrogen) atoms. The van der Waals surface area contributed by atoms with Crippen molar-refractivity contribution in [2.45, 2.75) is 38.1 Å². The van der Waals surface area contributed by atoms with Crippen molar-refractivity contribution < 1.29 is 0 Å². The van der Waals surface area contributed by atoms with Crippen LogP contribution in [0.25, 0.3) is 0 Å². The molecule has 1 aliphatic carbocycles. The molecule has 0 bridgehead atoms. The molecule has 2 nitrogen and oxygen atoms in total. The minimum Gasteiger partial charge on any atom is -0.186 e. The highest BCUT2D eigenvalue weighted by Gasteiger charge is 2.26. The van der Waals surface area contributed by atoms with Crippen molar-refractivity contribution in [3.8, 4) is 0 Å². The van der Waals surface area contributed by atoms with Crippen LogP contribution < -0.4 is 5.43 Å². The highest BCUT2D eigenvalue weighted by atomic mass is 15.3. The van der Waals surface area contributed by atoms with Crippen molar-refractivity contribution in [1.82, 2.24) is 5.43 Å². The van der Waals surface area contributed by atoms with Crippen LogP contribution in [0.4, 0.5) is 0 Å². The molecular weight excluding hydrogens is 124 g/mol. The second-order valence-electron chi connectivity index (χ2n) is 3.26. The quantitative estimate of drug-likeness (QED) is 0.524. The monoisotopic (exact) mass is 137 g/mol. The van der Waals surface area contributed by atoms with Gasteiger partial charge in [0.25, 0.3) is 0 Å². The van der Waals surface area contributed by atoms with Gasteiger partial charge < -0.3 is 0 Å². The van der Waals surface area contributed by atoms with E-state index in [-0.39, 0.29) is 0 Å². The average molecular weight is 137 g/mol. The Morgan fingerprint density at radius 3 is 2.60 bits per heavy atom. The smallest absolute Gasteiger partial charge is 0.0790 e. The third kappa shape index (κ3) is 1.02. The molecule has 2 aliphatic rings. The average Bonchev–Trinajstić information content (AvgIpc) is 2.59. The van der Waals surface area contributed by atoms with Crippen LogP contribution in [0, 0.1) is 5.92 Å². The highest BCUT2D eigenvalue weighted by Crippen LogP contribution is 2.30. The summed E-state index contributed by atoms with van der Waals surface area (Å²) in [5, 5.41) is 3.91. The van der Waals surface area contributed by atoms with Gasteiger partial charge in [-0.3, -0.25) is 0 Å². The van der Waals surface area contributed by atoms with E-state index in [4.69, 9.17) is 0 Å². The molecule has 0 saturated heterocycles. The maximum atomic E-state index is 4.19. The summed E-state index contributed by atoms with van der Waals surface area (Å²) in [5.41, 5.74) is 4.19. The molecule has 0 aromatic carbocycles. The van der Waals surface area contributed by atoms with Gasteiger partial charge in [-0.15, -0.1) is 0 Å². The fourth-order valence-corrected chi connectivity index (χ4v) is 1.96. The Morgan fingerprint density at radius 1 is 1.20 bits per heavy atom.